The smallest absolute Gasteiger partial charge is 0.317 e. The number of carbonyl (C=O) groups excluding carboxylic acids is 1. The predicted octanol–water partition coefficient (Wildman–Crippen LogP) is 2.18. The van der Waals surface area contributed by atoms with Crippen molar-refractivity contribution in [2.24, 2.45) is 0 Å². The molecule has 0 aliphatic carbocycles. The van der Waals surface area contributed by atoms with Crippen LogP contribution in [0.5, 0.6) is 5.75 Å². The van der Waals surface area contributed by atoms with Crippen LogP contribution in [0.1, 0.15) is 24.2 Å². The lowest BCUT2D eigenvalue weighted by atomic mass is 10.2. The molecule has 1 fully saturated rings. The van der Waals surface area contributed by atoms with E-state index in [0.29, 0.717) is 86.2 Å². The first kappa shape index (κ1) is 36.9. The van der Waals surface area contributed by atoms with Gasteiger partial charge in [0.1, 0.15) is 0 Å². The zero-order chi connectivity index (χ0) is 34.6. The normalized spacial score (nSPS) is 16.2. The van der Waals surface area contributed by atoms with Gasteiger partial charge in [-0.1, -0.05) is 41.4 Å². The monoisotopic (exact) mass is 706 g/mol. The van der Waals surface area contributed by atoms with E-state index in [0.717, 1.165) is 0 Å². The molecule has 16 heteroatoms. The highest BCUT2D eigenvalue weighted by atomic mass is 35.5. The number of aromatic nitrogens is 2. The molecule has 2 aromatic heterocycles. The molecule has 0 amide bonds. The molecule has 1 aliphatic rings. The van der Waals surface area contributed by atoms with Gasteiger partial charge < -0.3 is 25.2 Å². The van der Waals surface area contributed by atoms with Gasteiger partial charge >= 0.3 is 11.9 Å². The molecule has 4 rings (SSSR count). The zero-order valence-electron chi connectivity index (χ0n) is 26.4. The van der Waals surface area contributed by atoms with Crippen molar-refractivity contribution in [2.45, 2.75) is 25.9 Å². The summed E-state index contributed by atoms with van der Waals surface area (Å²) in [5, 5.41) is 30.7. The first-order valence-electron chi connectivity index (χ1n) is 15.6. The van der Waals surface area contributed by atoms with E-state index in [9.17, 15) is 34.7 Å². The van der Waals surface area contributed by atoms with Crippen LogP contribution < -0.4 is 15.9 Å². The summed E-state index contributed by atoms with van der Waals surface area (Å²) in [4.78, 5) is 56.6. The predicted molar refractivity (Wildman–Crippen MR) is 178 cm³/mol. The van der Waals surface area contributed by atoms with Gasteiger partial charge in [-0.05, 0) is 37.2 Å². The Balaban J connectivity index is 1.50. The Labute approximate surface area is 287 Å². The summed E-state index contributed by atoms with van der Waals surface area (Å²) in [5.41, 5.74) is -0.299. The molecule has 1 aromatic carbocycles. The topological polar surface area (TPSA) is 161 Å². The second kappa shape index (κ2) is 18.0. The number of halogens is 2. The van der Waals surface area contributed by atoms with Crippen LogP contribution in [0, 0.1) is 0 Å². The third-order valence-corrected chi connectivity index (χ3v) is 8.66. The minimum absolute atomic E-state index is 0.108. The van der Waals surface area contributed by atoms with Gasteiger partial charge in [-0.3, -0.25) is 33.9 Å². The summed E-state index contributed by atoms with van der Waals surface area (Å²) in [5.74, 6) is -1.33. The van der Waals surface area contributed by atoms with Crippen molar-refractivity contribution < 1.29 is 29.8 Å². The number of pyridine rings is 2. The third-order valence-electron chi connectivity index (χ3n) is 8.07. The molecule has 14 nitrogen and oxygen atoms in total. The molecule has 3 heterocycles. The number of benzene rings is 1. The molecular weight excluding hydrogens is 667 g/mol. The van der Waals surface area contributed by atoms with Crippen molar-refractivity contribution in [1.29, 1.82) is 0 Å². The van der Waals surface area contributed by atoms with Crippen molar-refractivity contribution in [3.8, 4) is 5.75 Å². The Morgan fingerprint density at radius 1 is 0.667 bits per heavy atom. The Morgan fingerprint density at radius 3 is 1.58 bits per heavy atom. The summed E-state index contributed by atoms with van der Waals surface area (Å²) >= 11 is 12.3. The summed E-state index contributed by atoms with van der Waals surface area (Å²) in [6, 6.07) is 13.8. The number of para-hydroxylation sites is 1. The molecule has 0 spiro atoms. The number of ether oxygens (including phenoxy) is 1. The van der Waals surface area contributed by atoms with Gasteiger partial charge in [0.15, 0.2) is 5.75 Å². The fourth-order valence-electron chi connectivity index (χ4n) is 5.41. The van der Waals surface area contributed by atoms with E-state index in [1.807, 2.05) is 14.7 Å². The van der Waals surface area contributed by atoms with E-state index in [1.165, 1.54) is 12.1 Å². The minimum Gasteiger partial charge on any atom is -0.480 e. The van der Waals surface area contributed by atoms with Gasteiger partial charge in [0.25, 0.3) is 11.1 Å². The number of hydrogen-bond donors (Lipinski definition) is 3. The van der Waals surface area contributed by atoms with Crippen LogP contribution in [0.4, 0.5) is 0 Å². The fourth-order valence-corrected chi connectivity index (χ4v) is 5.88. The average molecular weight is 708 g/mol. The molecule has 3 N–H and O–H groups in total. The molecule has 0 radical (unpaired) electrons. The lowest BCUT2D eigenvalue weighted by Gasteiger charge is -2.34. The lowest BCUT2D eigenvalue weighted by Crippen LogP contribution is -2.47. The summed E-state index contributed by atoms with van der Waals surface area (Å²) in [7, 11) is 0. The van der Waals surface area contributed by atoms with Crippen molar-refractivity contribution in [3.05, 3.63) is 96.7 Å². The van der Waals surface area contributed by atoms with E-state index < -0.39 is 23.1 Å². The molecule has 0 atom stereocenters. The number of hydrogen-bond acceptors (Lipinski definition) is 11. The number of carboxylic acid groups (broad SMARTS) is 1. The highest BCUT2D eigenvalue weighted by Crippen LogP contribution is 2.32. The average Bonchev–Trinajstić information content (AvgIpc) is 3.04. The number of aliphatic carboxylic acids is 1. The maximum atomic E-state index is 12.7. The maximum absolute atomic E-state index is 12.7. The van der Waals surface area contributed by atoms with Crippen molar-refractivity contribution in [1.82, 2.24) is 29.1 Å². The quantitative estimate of drug-likeness (QED) is 0.152. The van der Waals surface area contributed by atoms with Crippen molar-refractivity contribution in [3.63, 3.8) is 0 Å². The highest BCUT2D eigenvalue weighted by molar-refractivity contribution is 6.37. The van der Waals surface area contributed by atoms with E-state index in [2.05, 4.69) is 4.90 Å². The first-order chi connectivity index (χ1) is 23.0. The second-order valence-corrected chi connectivity index (χ2v) is 12.3. The van der Waals surface area contributed by atoms with Gasteiger partial charge in [0, 0.05) is 84.0 Å². The Bertz CT molecular complexity index is 1570. The number of nitrogens with zero attached hydrogens (tertiary/aromatic N) is 6. The molecule has 0 unspecified atom stereocenters. The van der Waals surface area contributed by atoms with Crippen LogP contribution in [0.2, 0.25) is 10.0 Å². The van der Waals surface area contributed by atoms with Crippen LogP contribution >= 0.6 is 23.2 Å². The molecule has 3 aromatic rings. The summed E-state index contributed by atoms with van der Waals surface area (Å²) in [6.45, 7) is 4.67. The Kier molecular flexibility index (Phi) is 13.8. The minimum atomic E-state index is -0.971. The van der Waals surface area contributed by atoms with Gasteiger partial charge in [-0.15, -0.1) is 0 Å². The fraction of sp³-hybridized carbons (Fsp3) is 0.438. The number of esters is 1. The molecule has 0 saturated carbocycles. The standard InChI is InChI=1S/C32H40Cl2N6O8/c33-26-7-3-8-27(34)32(26)48-31(45)11-4-12-35-13-15-36(21-24-5-1-9-28(41)39(24)46)17-19-38(23-30(43)44)20-18-37(16-14-35)22-25-6-2-10-29(42)40(25)47/h1-3,5-10,46-47H,4,11-23H2,(H,43,44). The van der Waals surface area contributed by atoms with Crippen molar-refractivity contribution in [2.75, 3.05) is 65.4 Å². The maximum Gasteiger partial charge on any atom is 0.317 e. The van der Waals surface area contributed by atoms with E-state index >= 15 is 0 Å². The van der Waals surface area contributed by atoms with Gasteiger partial charge in [-0.2, -0.15) is 9.46 Å². The highest BCUT2D eigenvalue weighted by Gasteiger charge is 2.21. The summed E-state index contributed by atoms with van der Waals surface area (Å²) < 4.78 is 6.66. The molecule has 1 aliphatic heterocycles. The van der Waals surface area contributed by atoms with Gasteiger partial charge in [0.2, 0.25) is 0 Å². The molecular formula is C32H40Cl2N6O8. The summed E-state index contributed by atoms with van der Waals surface area (Å²) in [6.07, 6.45) is 0.578. The second-order valence-electron chi connectivity index (χ2n) is 11.5. The van der Waals surface area contributed by atoms with Crippen LogP contribution in [0.25, 0.3) is 0 Å². The van der Waals surface area contributed by atoms with Crippen LogP contribution in [-0.2, 0) is 22.7 Å². The zero-order valence-corrected chi connectivity index (χ0v) is 27.9. The Hall–Kier alpha value is -3.92. The van der Waals surface area contributed by atoms with Crippen molar-refractivity contribution >= 4 is 35.1 Å². The van der Waals surface area contributed by atoms with E-state index in [4.69, 9.17) is 27.9 Å². The number of carboxylic acids is 1. The number of carbonyl (C=O) groups is 2. The van der Waals surface area contributed by atoms with Gasteiger partial charge in [0.05, 0.1) is 28.0 Å². The number of rotatable bonds is 11. The molecule has 260 valence electrons. The van der Waals surface area contributed by atoms with Gasteiger partial charge in [-0.25, -0.2) is 0 Å². The van der Waals surface area contributed by atoms with E-state index in [1.54, 1.807) is 42.5 Å². The first-order valence-corrected chi connectivity index (χ1v) is 16.3. The van der Waals surface area contributed by atoms with E-state index in [-0.39, 0.29) is 41.8 Å². The largest absolute Gasteiger partial charge is 0.480 e. The SMILES string of the molecule is O=C(O)CN1CCN(Cc2cccc(=O)n2O)CCN(CCCC(=O)Oc2c(Cl)cccc2Cl)CCN(Cc2cccc(=O)n2O)CC1. The van der Waals surface area contributed by atoms with Crippen LogP contribution in [0.3, 0.4) is 0 Å². The Morgan fingerprint density at radius 2 is 1.10 bits per heavy atom. The van der Waals surface area contributed by atoms with Crippen LogP contribution in [0.15, 0.2) is 64.2 Å². The molecule has 48 heavy (non-hydrogen) atoms. The molecule has 0 bridgehead atoms. The van der Waals surface area contributed by atoms with Crippen LogP contribution in [-0.4, -0.2) is 122 Å². The molecule has 1 saturated heterocycles. The third kappa shape index (κ3) is 11.1. The lowest BCUT2D eigenvalue weighted by molar-refractivity contribution is -0.138.